The van der Waals surface area contributed by atoms with Crippen molar-refractivity contribution in [3.8, 4) is 22.9 Å². The topological polar surface area (TPSA) is 59.0 Å². The number of methoxy groups -OCH3 is 1. The molecular formula is C14H11BN2O. The first-order valence-corrected chi connectivity index (χ1v) is 5.39. The number of hydrogen-bond donors (Lipinski definition) is 1. The zero-order valence-corrected chi connectivity index (χ0v) is 9.97. The lowest BCUT2D eigenvalue weighted by Gasteiger charge is -2.10. The molecular weight excluding hydrogens is 223 g/mol. The predicted octanol–water partition coefficient (Wildman–Crippen LogP) is 1.61. The van der Waals surface area contributed by atoms with Crippen molar-refractivity contribution in [2.24, 2.45) is 0 Å². The van der Waals surface area contributed by atoms with Crippen LogP contribution in [0.15, 0.2) is 36.4 Å². The second kappa shape index (κ2) is 4.85. The summed E-state index contributed by atoms with van der Waals surface area (Å²) in [7, 11) is 7.33. The Morgan fingerprint density at radius 1 is 1.22 bits per heavy atom. The van der Waals surface area contributed by atoms with Gasteiger partial charge in [0.05, 0.1) is 18.7 Å². The van der Waals surface area contributed by atoms with E-state index in [1.807, 2.05) is 18.2 Å². The molecule has 4 heteroatoms. The zero-order valence-electron chi connectivity index (χ0n) is 9.97. The number of nitrogen functional groups attached to an aromatic ring is 1. The van der Waals surface area contributed by atoms with Gasteiger partial charge in [0.2, 0.25) is 0 Å². The average Bonchev–Trinajstić information content (AvgIpc) is 2.39. The first-order chi connectivity index (χ1) is 8.65. The maximum absolute atomic E-state index is 8.80. The Balaban J connectivity index is 2.52. The van der Waals surface area contributed by atoms with Gasteiger partial charge >= 0.3 is 0 Å². The predicted molar refractivity (Wildman–Crippen MR) is 72.9 cm³/mol. The van der Waals surface area contributed by atoms with Crippen LogP contribution >= 0.6 is 0 Å². The average molecular weight is 234 g/mol. The van der Waals surface area contributed by atoms with E-state index in [1.165, 1.54) is 0 Å². The molecule has 2 aromatic carbocycles. The van der Waals surface area contributed by atoms with Crippen LogP contribution in [0.1, 0.15) is 5.56 Å². The van der Waals surface area contributed by atoms with Crippen LogP contribution in [0.4, 0.5) is 5.69 Å². The lowest BCUT2D eigenvalue weighted by atomic mass is 9.91. The number of nitrogens with zero attached hydrogens (tertiary/aromatic N) is 1. The number of anilines is 1. The van der Waals surface area contributed by atoms with Gasteiger partial charge in [-0.2, -0.15) is 5.26 Å². The van der Waals surface area contributed by atoms with Gasteiger partial charge in [-0.25, -0.2) is 0 Å². The minimum Gasteiger partial charge on any atom is -0.497 e. The molecule has 0 atom stereocenters. The van der Waals surface area contributed by atoms with Crippen molar-refractivity contribution in [3.63, 3.8) is 0 Å². The van der Waals surface area contributed by atoms with Gasteiger partial charge in [0.25, 0.3) is 0 Å². The van der Waals surface area contributed by atoms with Gasteiger partial charge in [-0.05, 0) is 23.8 Å². The molecule has 0 bridgehead atoms. The van der Waals surface area contributed by atoms with Gasteiger partial charge < -0.3 is 10.5 Å². The molecule has 2 radical (unpaired) electrons. The molecule has 2 rings (SSSR count). The number of nitriles is 1. The second-order valence-electron chi connectivity index (χ2n) is 3.87. The summed E-state index contributed by atoms with van der Waals surface area (Å²) in [4.78, 5) is 0. The minimum atomic E-state index is 0.540. The Hall–Kier alpha value is -2.41. The third-order valence-electron chi connectivity index (χ3n) is 2.73. The van der Waals surface area contributed by atoms with E-state index in [0.29, 0.717) is 22.5 Å². The minimum absolute atomic E-state index is 0.540. The highest BCUT2D eigenvalue weighted by molar-refractivity contribution is 6.34. The second-order valence-corrected chi connectivity index (χ2v) is 3.87. The summed E-state index contributed by atoms with van der Waals surface area (Å²) >= 11 is 0. The molecule has 0 heterocycles. The quantitative estimate of drug-likeness (QED) is 0.634. The monoisotopic (exact) mass is 234 g/mol. The van der Waals surface area contributed by atoms with Crippen molar-refractivity contribution in [1.29, 1.82) is 5.26 Å². The van der Waals surface area contributed by atoms with Crippen LogP contribution in [0.5, 0.6) is 5.75 Å². The van der Waals surface area contributed by atoms with E-state index in [0.717, 1.165) is 11.1 Å². The zero-order chi connectivity index (χ0) is 13.1. The van der Waals surface area contributed by atoms with Gasteiger partial charge in [-0.1, -0.05) is 23.7 Å². The molecule has 0 aliphatic rings. The Morgan fingerprint density at radius 2 is 2.00 bits per heavy atom. The fourth-order valence-electron chi connectivity index (χ4n) is 1.77. The highest BCUT2D eigenvalue weighted by atomic mass is 16.5. The van der Waals surface area contributed by atoms with Gasteiger partial charge in [-0.15, -0.1) is 0 Å². The van der Waals surface area contributed by atoms with Gasteiger partial charge in [0.1, 0.15) is 13.6 Å². The van der Waals surface area contributed by atoms with E-state index in [4.69, 9.17) is 23.6 Å². The summed E-state index contributed by atoms with van der Waals surface area (Å²) in [6, 6.07) is 12.7. The largest absolute Gasteiger partial charge is 0.497 e. The van der Waals surface area contributed by atoms with Crippen LogP contribution in [0.2, 0.25) is 0 Å². The van der Waals surface area contributed by atoms with Crippen molar-refractivity contribution in [2.75, 3.05) is 12.8 Å². The van der Waals surface area contributed by atoms with Crippen LogP contribution in [-0.2, 0) is 0 Å². The fourth-order valence-corrected chi connectivity index (χ4v) is 1.77. The number of ether oxygens (including phenoxy) is 1. The molecule has 0 aliphatic carbocycles. The maximum Gasteiger partial charge on any atom is 0.119 e. The Morgan fingerprint density at radius 3 is 2.61 bits per heavy atom. The number of hydrogen-bond acceptors (Lipinski definition) is 3. The molecule has 0 unspecified atom stereocenters. The first-order valence-electron chi connectivity index (χ1n) is 5.39. The van der Waals surface area contributed by atoms with Crippen molar-refractivity contribution in [2.45, 2.75) is 0 Å². The van der Waals surface area contributed by atoms with Crippen molar-refractivity contribution in [3.05, 3.63) is 42.0 Å². The lowest BCUT2D eigenvalue weighted by Crippen LogP contribution is -2.06. The van der Waals surface area contributed by atoms with Gasteiger partial charge in [0.15, 0.2) is 0 Å². The maximum atomic E-state index is 8.80. The van der Waals surface area contributed by atoms with E-state index in [-0.39, 0.29) is 0 Å². The molecule has 18 heavy (non-hydrogen) atoms. The molecule has 0 aromatic heterocycles. The van der Waals surface area contributed by atoms with Gasteiger partial charge in [-0.3, -0.25) is 0 Å². The third kappa shape index (κ3) is 2.16. The fraction of sp³-hybridized carbons (Fsp3) is 0.0714. The van der Waals surface area contributed by atoms with Crippen LogP contribution < -0.4 is 15.9 Å². The summed E-state index contributed by atoms with van der Waals surface area (Å²) in [6.45, 7) is 0. The number of benzene rings is 2. The summed E-state index contributed by atoms with van der Waals surface area (Å²) in [5.74, 6) is 0.608. The summed E-state index contributed by atoms with van der Waals surface area (Å²) in [5, 5.41) is 8.80. The summed E-state index contributed by atoms with van der Waals surface area (Å²) in [5.41, 5.74) is 9.37. The highest BCUT2D eigenvalue weighted by Gasteiger charge is 2.06. The Bertz CT molecular complexity index is 632. The standard InChI is InChI=1S/C14H11BN2O/c1-18-14-7-10(3-5-12(14)15)11-4-2-9(8-16)6-13(11)17/h2-7H,17H2,1H3. The molecule has 86 valence electrons. The lowest BCUT2D eigenvalue weighted by molar-refractivity contribution is 0.418. The molecule has 0 spiro atoms. The van der Waals surface area contributed by atoms with E-state index in [2.05, 4.69) is 6.07 Å². The van der Waals surface area contributed by atoms with Crippen LogP contribution in [0.25, 0.3) is 11.1 Å². The summed E-state index contributed by atoms with van der Waals surface area (Å²) in [6.07, 6.45) is 0. The Labute approximate surface area is 107 Å². The molecule has 0 aliphatic heterocycles. The summed E-state index contributed by atoms with van der Waals surface area (Å²) < 4.78 is 5.17. The van der Waals surface area contributed by atoms with Crippen molar-refractivity contribution >= 4 is 19.0 Å². The molecule has 0 fully saturated rings. The van der Waals surface area contributed by atoms with E-state index in [1.54, 1.807) is 25.3 Å². The van der Waals surface area contributed by atoms with E-state index >= 15 is 0 Å². The van der Waals surface area contributed by atoms with Gasteiger partial charge in [0, 0.05) is 11.3 Å². The molecule has 3 nitrogen and oxygen atoms in total. The van der Waals surface area contributed by atoms with Crippen LogP contribution in [0.3, 0.4) is 0 Å². The smallest absolute Gasteiger partial charge is 0.119 e. The molecule has 0 saturated carbocycles. The van der Waals surface area contributed by atoms with Crippen molar-refractivity contribution in [1.82, 2.24) is 0 Å². The van der Waals surface area contributed by atoms with Crippen LogP contribution in [-0.4, -0.2) is 15.0 Å². The molecule has 2 N–H and O–H groups in total. The van der Waals surface area contributed by atoms with Crippen LogP contribution in [0, 0.1) is 11.3 Å². The van der Waals surface area contributed by atoms with E-state index < -0.39 is 0 Å². The van der Waals surface area contributed by atoms with E-state index in [9.17, 15) is 0 Å². The first kappa shape index (κ1) is 12.1. The van der Waals surface area contributed by atoms with Crippen molar-refractivity contribution < 1.29 is 4.74 Å². The normalized spacial score (nSPS) is 9.78. The molecule has 0 saturated heterocycles. The highest BCUT2D eigenvalue weighted by Crippen LogP contribution is 2.28. The number of nitrogens with two attached hydrogens (primary N) is 1. The third-order valence-corrected chi connectivity index (χ3v) is 2.73. The SMILES string of the molecule is [B]c1ccc(-c2ccc(C#N)cc2N)cc1OC. The number of rotatable bonds is 2. The molecule has 0 amide bonds. The molecule has 2 aromatic rings. The Kier molecular flexibility index (Phi) is 3.25.